The maximum Gasteiger partial charge on any atom is 0.251 e. The van der Waals surface area contributed by atoms with Gasteiger partial charge in [-0.15, -0.1) is 0 Å². The normalized spacial score (nSPS) is 12.5. The van der Waals surface area contributed by atoms with Gasteiger partial charge in [0.15, 0.2) is 5.78 Å². The Morgan fingerprint density at radius 3 is 2.65 bits per heavy atom. The van der Waals surface area contributed by atoms with Crippen LogP contribution >= 0.6 is 11.6 Å². The number of Topliss-reactive ketones (excluding diaryl/α,β-unsaturated/α-hetero) is 1. The van der Waals surface area contributed by atoms with Crippen LogP contribution in [0.3, 0.4) is 0 Å². The van der Waals surface area contributed by atoms with E-state index < -0.39 is 5.82 Å². The van der Waals surface area contributed by atoms with Crippen molar-refractivity contribution < 1.29 is 18.7 Å². The lowest BCUT2D eigenvalue weighted by Crippen LogP contribution is -2.33. The van der Waals surface area contributed by atoms with Crippen molar-refractivity contribution in [1.29, 1.82) is 0 Å². The number of carbonyl (C=O) groups excluding carboxylic acids is 2. The highest BCUT2D eigenvalue weighted by molar-refractivity contribution is 6.30. The Hall–Kier alpha value is -2.70. The molecule has 1 atom stereocenters. The largest absolute Gasteiger partial charge is 0.383 e. The highest BCUT2D eigenvalue weighted by Gasteiger charge is 2.16. The molecular weight excluding hydrogens is 455 g/mol. The third-order valence-corrected chi connectivity index (χ3v) is 6.05. The van der Waals surface area contributed by atoms with E-state index in [1.54, 1.807) is 7.11 Å². The van der Waals surface area contributed by atoms with Crippen LogP contribution < -0.4 is 15.8 Å². The fraction of sp³-hybridized carbons (Fsp3) is 0.407. The van der Waals surface area contributed by atoms with Gasteiger partial charge >= 0.3 is 0 Å². The zero-order valence-electron chi connectivity index (χ0n) is 20.4. The lowest BCUT2D eigenvalue weighted by molar-refractivity contribution is 0.0934. The Bertz CT molecular complexity index is 1120. The fourth-order valence-corrected chi connectivity index (χ4v) is 3.98. The van der Waals surface area contributed by atoms with Crippen LogP contribution in [0.4, 0.5) is 4.39 Å². The van der Waals surface area contributed by atoms with E-state index in [-0.39, 0.29) is 34.6 Å². The van der Waals surface area contributed by atoms with Gasteiger partial charge in [-0.3, -0.25) is 9.59 Å². The van der Waals surface area contributed by atoms with Crippen molar-refractivity contribution in [2.24, 2.45) is 5.92 Å². The third-order valence-electron chi connectivity index (χ3n) is 5.82. The molecule has 0 radical (unpaired) electrons. The highest BCUT2D eigenvalue weighted by atomic mass is 35.5. The summed E-state index contributed by atoms with van der Waals surface area (Å²) in [7, 11) is 3.55. The van der Waals surface area contributed by atoms with Gasteiger partial charge in [-0.25, -0.2) is 4.39 Å². The van der Waals surface area contributed by atoms with Crippen molar-refractivity contribution >= 4 is 36.1 Å². The van der Waals surface area contributed by atoms with Crippen LogP contribution in [0.2, 0.25) is 5.02 Å². The molecule has 0 spiro atoms. The van der Waals surface area contributed by atoms with Gasteiger partial charge in [0.05, 0.1) is 12.2 Å². The van der Waals surface area contributed by atoms with Crippen molar-refractivity contribution in [3.8, 4) is 0 Å². The van der Waals surface area contributed by atoms with E-state index in [0.29, 0.717) is 25.1 Å². The van der Waals surface area contributed by atoms with Crippen LogP contribution in [0.1, 0.15) is 52.5 Å². The second kappa shape index (κ2) is 13.3. The number of ketones is 1. The van der Waals surface area contributed by atoms with E-state index in [9.17, 15) is 14.0 Å². The predicted octanol–water partition coefficient (Wildman–Crippen LogP) is 3.93. The molecule has 0 saturated carbocycles. The van der Waals surface area contributed by atoms with Crippen molar-refractivity contribution in [2.45, 2.75) is 33.1 Å². The van der Waals surface area contributed by atoms with Gasteiger partial charge in [-0.05, 0) is 59.5 Å². The first-order valence-corrected chi connectivity index (χ1v) is 11.8. The van der Waals surface area contributed by atoms with Gasteiger partial charge < -0.3 is 15.0 Å². The van der Waals surface area contributed by atoms with Gasteiger partial charge in [-0.1, -0.05) is 37.6 Å². The van der Waals surface area contributed by atoms with Gasteiger partial charge in [0.1, 0.15) is 5.82 Å². The van der Waals surface area contributed by atoms with Crippen LogP contribution in [0.5, 0.6) is 0 Å². The minimum absolute atomic E-state index is 0.0804. The third kappa shape index (κ3) is 7.96. The molecule has 2 aromatic rings. The average molecular weight is 489 g/mol. The molecule has 34 heavy (non-hydrogen) atoms. The van der Waals surface area contributed by atoms with E-state index in [1.165, 1.54) is 18.2 Å². The molecule has 5 nitrogen and oxygen atoms in total. The van der Waals surface area contributed by atoms with E-state index in [0.717, 1.165) is 29.0 Å². The Labute approximate surface area is 206 Å². The number of ether oxygens (including phenoxy) is 1. The summed E-state index contributed by atoms with van der Waals surface area (Å²) < 4.78 is 19.0. The molecule has 0 aliphatic rings. The first-order valence-electron chi connectivity index (χ1n) is 11.4. The van der Waals surface area contributed by atoms with Crippen LogP contribution in [0, 0.1) is 18.7 Å². The zero-order chi connectivity index (χ0) is 25.3. The number of halogens is 2. The Morgan fingerprint density at radius 2 is 2.00 bits per heavy atom. The number of hydrogen-bond donors (Lipinski definition) is 1. The second-order valence-electron chi connectivity index (χ2n) is 8.54. The lowest BCUT2D eigenvalue weighted by Gasteiger charge is -2.22. The van der Waals surface area contributed by atoms with Crippen LogP contribution in [0.25, 0.3) is 12.8 Å². The van der Waals surface area contributed by atoms with Crippen molar-refractivity contribution in [3.63, 3.8) is 0 Å². The molecule has 1 N–H and O–H groups in total. The molecule has 0 saturated heterocycles. The Morgan fingerprint density at radius 1 is 1.26 bits per heavy atom. The van der Waals surface area contributed by atoms with Gasteiger partial charge in [-0.2, -0.15) is 0 Å². The maximum absolute atomic E-state index is 14.0. The quantitative estimate of drug-likeness (QED) is 0.363. The first kappa shape index (κ1) is 27.5. The summed E-state index contributed by atoms with van der Waals surface area (Å²) in [5.74, 6) is -0.704. The Balaban J connectivity index is 2.08. The molecule has 1 amide bonds. The number of rotatable bonds is 12. The smallest absolute Gasteiger partial charge is 0.251 e. The average Bonchev–Trinajstić information content (AvgIpc) is 2.78. The maximum atomic E-state index is 14.0. The molecule has 2 rings (SSSR count). The van der Waals surface area contributed by atoms with E-state index in [1.807, 2.05) is 37.2 Å². The predicted molar refractivity (Wildman–Crippen MR) is 136 cm³/mol. The number of methoxy groups -OCH3 is 1. The SMILES string of the molecule is C=c1cc(C)c(C(=O)NCCOC)c/c1=C/N(C)CC(CC)CCC(=O)c1ccc(Cl)cc1F. The van der Waals surface area contributed by atoms with Crippen LogP contribution in [-0.2, 0) is 4.74 Å². The molecule has 0 bridgehead atoms. The lowest BCUT2D eigenvalue weighted by atomic mass is 9.96. The standard InChI is InChI=1S/C27H34ClFN2O3/c1-6-20(7-10-26(32)23-9-8-22(28)15-25(23)29)16-31(4)17-21-14-24(19(3)13-18(21)2)27(33)30-11-12-34-5/h8-9,13-15,17,20H,2,6-7,10-12,16H2,1,3-5H3,(H,30,33)/b21-17-. The molecule has 0 aliphatic heterocycles. The number of benzene rings is 2. The molecule has 0 aliphatic carbocycles. The van der Waals surface area contributed by atoms with Gasteiger partial charge in [0.25, 0.3) is 5.91 Å². The van der Waals surface area contributed by atoms with E-state index >= 15 is 0 Å². The number of hydrogen-bond acceptors (Lipinski definition) is 4. The summed E-state index contributed by atoms with van der Waals surface area (Å²) in [6.45, 7) is 9.69. The van der Waals surface area contributed by atoms with Crippen LogP contribution in [0.15, 0.2) is 30.3 Å². The number of aryl methyl sites for hydroxylation is 1. The van der Waals surface area contributed by atoms with Gasteiger partial charge in [0.2, 0.25) is 0 Å². The fourth-order valence-electron chi connectivity index (χ4n) is 3.82. The summed E-state index contributed by atoms with van der Waals surface area (Å²) in [5, 5.41) is 4.82. The summed E-state index contributed by atoms with van der Waals surface area (Å²) >= 11 is 5.78. The minimum atomic E-state index is -0.583. The molecule has 1 unspecified atom stereocenters. The molecule has 2 aromatic carbocycles. The topological polar surface area (TPSA) is 58.6 Å². The molecule has 0 aromatic heterocycles. The molecular formula is C27H34ClFN2O3. The number of amides is 1. The Kier molecular flexibility index (Phi) is 10.7. The number of nitrogens with one attached hydrogen (secondary N) is 1. The molecule has 0 heterocycles. The molecule has 184 valence electrons. The van der Waals surface area contributed by atoms with E-state index in [2.05, 4.69) is 18.8 Å². The highest BCUT2D eigenvalue weighted by Crippen LogP contribution is 2.19. The zero-order valence-corrected chi connectivity index (χ0v) is 21.2. The molecule has 7 heteroatoms. The van der Waals surface area contributed by atoms with Gasteiger partial charge in [0, 0.05) is 50.5 Å². The van der Waals surface area contributed by atoms with Crippen LogP contribution in [-0.4, -0.2) is 50.4 Å². The summed E-state index contributed by atoms with van der Waals surface area (Å²) in [4.78, 5) is 27.1. The minimum Gasteiger partial charge on any atom is -0.383 e. The summed E-state index contributed by atoms with van der Waals surface area (Å²) in [6.07, 6.45) is 3.76. The summed E-state index contributed by atoms with van der Waals surface area (Å²) in [5.41, 5.74) is 1.54. The number of nitrogens with zero attached hydrogens (tertiary/aromatic N) is 1. The van der Waals surface area contributed by atoms with Crippen molar-refractivity contribution in [1.82, 2.24) is 10.2 Å². The van der Waals surface area contributed by atoms with Crippen molar-refractivity contribution in [2.75, 3.05) is 33.9 Å². The monoisotopic (exact) mass is 488 g/mol. The van der Waals surface area contributed by atoms with E-state index in [4.69, 9.17) is 16.3 Å². The second-order valence-corrected chi connectivity index (χ2v) is 8.98. The van der Waals surface area contributed by atoms with Crippen molar-refractivity contribution in [3.05, 3.63) is 68.3 Å². The molecule has 0 fully saturated rings. The number of carbonyl (C=O) groups is 2. The first-order chi connectivity index (χ1) is 16.2. The summed E-state index contributed by atoms with van der Waals surface area (Å²) in [6, 6.07) is 7.89.